The van der Waals surface area contributed by atoms with Crippen molar-refractivity contribution < 1.29 is 28.2 Å². The molecule has 9 heteroatoms. The second-order valence-corrected chi connectivity index (χ2v) is 16.4. The molecule has 0 N–H and O–H groups in total. The van der Waals surface area contributed by atoms with E-state index in [2.05, 4.69) is 49.7 Å². The second kappa shape index (κ2) is 13.8. The van der Waals surface area contributed by atoms with Crippen LogP contribution in [0.2, 0.25) is 18.1 Å². The van der Waals surface area contributed by atoms with Gasteiger partial charge in [0.25, 0.3) is 0 Å². The smallest absolute Gasteiger partial charge is 0.338 e. The van der Waals surface area contributed by atoms with Crippen LogP contribution >= 0.6 is 0 Å². The first kappa shape index (κ1) is 30.5. The van der Waals surface area contributed by atoms with Crippen molar-refractivity contribution in [3.8, 4) is 17.2 Å². The Kier molecular flexibility index (Phi) is 11.1. The minimum atomic E-state index is -1.96. The van der Waals surface area contributed by atoms with E-state index < -0.39 is 14.3 Å². The zero-order valence-electron chi connectivity index (χ0n) is 24.5. The average Bonchev–Trinajstić information content (AvgIpc) is 3.10. The fraction of sp³-hybridized carbons (Fsp3) is 0.690. The van der Waals surface area contributed by atoms with Gasteiger partial charge in [-0.3, -0.25) is 0 Å². The van der Waals surface area contributed by atoms with Crippen molar-refractivity contribution >= 4 is 14.3 Å². The Bertz CT molecular complexity index is 946. The third-order valence-corrected chi connectivity index (χ3v) is 12.4. The summed E-state index contributed by atoms with van der Waals surface area (Å²) in [4.78, 5) is 17.9. The van der Waals surface area contributed by atoms with Crippen LogP contribution in [0.15, 0.2) is 24.3 Å². The quantitative estimate of drug-likeness (QED) is 0.296. The summed E-state index contributed by atoms with van der Waals surface area (Å²) in [6, 6.07) is 3.30. The molecule has 38 heavy (non-hydrogen) atoms. The van der Waals surface area contributed by atoms with Crippen LogP contribution in [0.25, 0.3) is 0 Å². The molecule has 0 aromatic heterocycles. The summed E-state index contributed by atoms with van der Waals surface area (Å²) in [5, 5.41) is 0.129. The summed E-state index contributed by atoms with van der Waals surface area (Å²) < 4.78 is 29.5. The molecule has 1 aromatic carbocycles. The van der Waals surface area contributed by atoms with Gasteiger partial charge in [-0.25, -0.2) is 4.79 Å². The predicted molar refractivity (Wildman–Crippen MR) is 153 cm³/mol. The third-order valence-electron chi connectivity index (χ3n) is 7.88. The lowest BCUT2D eigenvalue weighted by atomic mass is 10.2. The van der Waals surface area contributed by atoms with Gasteiger partial charge in [0, 0.05) is 26.2 Å². The highest BCUT2D eigenvalue weighted by molar-refractivity contribution is 6.74. The normalized spacial score (nSPS) is 25.1. The van der Waals surface area contributed by atoms with Crippen molar-refractivity contribution in [3.63, 3.8) is 0 Å². The van der Waals surface area contributed by atoms with Crippen LogP contribution in [0.5, 0.6) is 17.2 Å². The zero-order chi connectivity index (χ0) is 27.8. The van der Waals surface area contributed by atoms with Gasteiger partial charge in [-0.15, -0.1) is 0 Å². The topological polar surface area (TPSA) is 69.7 Å². The van der Waals surface area contributed by atoms with Crippen LogP contribution in [-0.4, -0.2) is 96.9 Å². The number of hydrogen-bond donors (Lipinski definition) is 0. The Hall–Kier alpha value is -2.07. The molecular weight excluding hydrogens is 500 g/mol. The molecular formula is C29H48N2O6Si. The van der Waals surface area contributed by atoms with Gasteiger partial charge in [-0.2, -0.15) is 0 Å². The molecule has 0 radical (unpaired) electrons. The lowest BCUT2D eigenvalue weighted by Gasteiger charge is -2.39. The first-order valence-corrected chi connectivity index (χ1v) is 16.8. The van der Waals surface area contributed by atoms with Crippen molar-refractivity contribution in [3.05, 3.63) is 29.8 Å². The van der Waals surface area contributed by atoms with Crippen LogP contribution < -0.4 is 14.2 Å². The van der Waals surface area contributed by atoms with Crippen molar-refractivity contribution in [1.82, 2.24) is 9.80 Å². The minimum Gasteiger partial charge on any atom is -0.493 e. The van der Waals surface area contributed by atoms with Gasteiger partial charge in [0.1, 0.15) is 6.61 Å². The highest BCUT2D eigenvalue weighted by Gasteiger charge is 2.38. The number of cyclic esters (lactones) is 1. The van der Waals surface area contributed by atoms with Gasteiger partial charge in [-0.05, 0) is 68.7 Å². The van der Waals surface area contributed by atoms with Gasteiger partial charge < -0.3 is 33.2 Å². The highest BCUT2D eigenvalue weighted by atomic mass is 28.4. The number of nitrogens with zero attached hydrogens (tertiary/aromatic N) is 2. The van der Waals surface area contributed by atoms with Crippen LogP contribution in [-0.2, 0) is 9.16 Å². The summed E-state index contributed by atoms with van der Waals surface area (Å²) in [6.45, 7) is 18.3. The fourth-order valence-corrected chi connectivity index (χ4v) is 5.87. The lowest BCUT2D eigenvalue weighted by molar-refractivity contribution is 0.0487. The summed E-state index contributed by atoms with van der Waals surface area (Å²) in [7, 11) is 1.15. The molecule has 0 spiro atoms. The molecule has 3 unspecified atom stereocenters. The van der Waals surface area contributed by atoms with Crippen LogP contribution in [0, 0.1) is 0 Å². The number of hydrogen-bond acceptors (Lipinski definition) is 8. The number of fused-ring (bicyclic) bond motifs is 5. The number of carbonyl (C=O) groups excluding carboxylic acids is 1. The summed E-state index contributed by atoms with van der Waals surface area (Å²) >= 11 is 0. The number of benzene rings is 1. The van der Waals surface area contributed by atoms with Crippen LogP contribution in [0.4, 0.5) is 0 Å². The minimum absolute atomic E-state index is 0.0127. The SMILES string of the molecule is COc1cc2cc(c1OC)OC/C=C\C(O[Si](C)(C)C(C)(C)C)CCN1CCCN(CCCOC2=O)CC1. The van der Waals surface area contributed by atoms with E-state index in [9.17, 15) is 4.79 Å². The molecule has 214 valence electrons. The van der Waals surface area contributed by atoms with Gasteiger partial charge in [0.2, 0.25) is 5.75 Å². The van der Waals surface area contributed by atoms with Crippen molar-refractivity contribution in [2.75, 3.05) is 66.7 Å². The number of ether oxygens (including phenoxy) is 4. The van der Waals surface area contributed by atoms with E-state index in [0.717, 1.165) is 58.5 Å². The maximum Gasteiger partial charge on any atom is 0.338 e. The fourth-order valence-electron chi connectivity index (χ4n) is 4.57. The molecule has 3 atom stereocenters. The Labute approximate surface area is 230 Å². The lowest BCUT2D eigenvalue weighted by Crippen LogP contribution is -2.44. The molecule has 2 aliphatic rings. The van der Waals surface area contributed by atoms with E-state index >= 15 is 0 Å². The van der Waals surface area contributed by atoms with Crippen molar-refractivity contribution in [2.24, 2.45) is 0 Å². The molecule has 1 saturated heterocycles. The molecule has 1 aromatic rings. The zero-order valence-corrected chi connectivity index (χ0v) is 25.5. The first-order chi connectivity index (χ1) is 18.0. The first-order valence-electron chi connectivity index (χ1n) is 13.9. The van der Waals surface area contributed by atoms with E-state index in [0.29, 0.717) is 36.0 Å². The molecule has 3 rings (SSSR count). The molecule has 2 aliphatic heterocycles. The maximum atomic E-state index is 12.8. The van der Waals surface area contributed by atoms with Gasteiger partial charge >= 0.3 is 5.97 Å². The summed E-state index contributed by atoms with van der Waals surface area (Å²) in [5.74, 6) is 0.925. The molecule has 4 bridgehead atoms. The van der Waals surface area contributed by atoms with Crippen molar-refractivity contribution in [1.29, 1.82) is 0 Å². The monoisotopic (exact) mass is 548 g/mol. The van der Waals surface area contributed by atoms with Crippen molar-refractivity contribution in [2.45, 2.75) is 64.3 Å². The number of rotatable bonds is 4. The second-order valence-electron chi connectivity index (χ2n) is 11.7. The summed E-state index contributed by atoms with van der Waals surface area (Å²) in [5.41, 5.74) is 0.379. The molecule has 0 amide bonds. The van der Waals surface area contributed by atoms with E-state index in [-0.39, 0.29) is 11.1 Å². The average molecular weight is 549 g/mol. The van der Waals surface area contributed by atoms with Crippen LogP contribution in [0.3, 0.4) is 0 Å². The summed E-state index contributed by atoms with van der Waals surface area (Å²) in [6.07, 6.45) is 7.05. The Morgan fingerprint density at radius 3 is 2.26 bits per heavy atom. The van der Waals surface area contributed by atoms with Crippen LogP contribution in [0.1, 0.15) is 50.4 Å². The van der Waals surface area contributed by atoms with Gasteiger partial charge in [0.05, 0.1) is 32.5 Å². The number of esters is 1. The Balaban J connectivity index is 1.86. The van der Waals surface area contributed by atoms with E-state index in [1.165, 1.54) is 0 Å². The molecule has 0 saturated carbocycles. The number of methoxy groups -OCH3 is 2. The standard InChI is InChI=1S/C29H48N2O6Si/c1-29(2,3)38(6,7)37-24-11-8-19-35-26-22-23(21-25(33-4)27(26)34-5)28(32)36-20-10-15-30-13-9-14-31(16-12-24)18-17-30/h8,11,21-22,24H,9-10,12-20H2,1-7H3/b11-8-. The van der Waals surface area contributed by atoms with Gasteiger partial charge in [-0.1, -0.05) is 26.8 Å². The largest absolute Gasteiger partial charge is 0.493 e. The van der Waals surface area contributed by atoms with E-state index in [4.69, 9.17) is 23.4 Å². The maximum absolute atomic E-state index is 12.8. The molecule has 2 heterocycles. The van der Waals surface area contributed by atoms with E-state index in [1.807, 2.05) is 6.08 Å². The van der Waals surface area contributed by atoms with E-state index in [1.54, 1.807) is 26.4 Å². The molecule has 8 nitrogen and oxygen atoms in total. The predicted octanol–water partition coefficient (Wildman–Crippen LogP) is 4.99. The molecule has 0 aliphatic carbocycles. The number of carbonyl (C=O) groups is 1. The molecule has 1 fully saturated rings. The third kappa shape index (κ3) is 8.46. The Morgan fingerprint density at radius 1 is 0.921 bits per heavy atom. The highest BCUT2D eigenvalue weighted by Crippen LogP contribution is 2.39. The Morgan fingerprint density at radius 2 is 1.61 bits per heavy atom. The van der Waals surface area contributed by atoms with Gasteiger partial charge in [0.15, 0.2) is 19.8 Å².